The predicted molar refractivity (Wildman–Crippen MR) is 39.2 cm³/mol. The van der Waals surface area contributed by atoms with Crippen molar-refractivity contribution in [2.24, 2.45) is 3.77 Å². The van der Waals surface area contributed by atoms with Crippen molar-refractivity contribution in [3.63, 3.8) is 0 Å². The average Bonchev–Trinajstić information content (AvgIpc) is 1.61. The Morgan fingerprint density at radius 3 is 1.80 bits per heavy atom. The lowest BCUT2D eigenvalue weighted by molar-refractivity contribution is 0.563. The van der Waals surface area contributed by atoms with Gasteiger partial charge in [0.1, 0.15) is 0 Å². The third-order valence-electron chi connectivity index (χ3n) is 0.902. The van der Waals surface area contributed by atoms with Crippen molar-refractivity contribution < 1.29 is 12.6 Å². The lowest BCUT2D eigenvalue weighted by Gasteiger charge is -2.12. The van der Waals surface area contributed by atoms with Gasteiger partial charge in [0.05, 0.1) is 4.75 Å². The topological polar surface area (TPSA) is 63.6 Å². The van der Waals surface area contributed by atoms with Crippen LogP contribution in [0, 0.1) is 0 Å². The van der Waals surface area contributed by atoms with Crippen LogP contribution in [0.2, 0.25) is 0 Å². The summed E-state index contributed by atoms with van der Waals surface area (Å²) in [6, 6.07) is 0. The Morgan fingerprint density at radius 1 is 1.30 bits per heavy atom. The summed E-state index contributed by atoms with van der Waals surface area (Å²) in [5.41, 5.74) is 0. The number of hydrogen-bond donors (Lipinski definition) is 0. The Kier molecular flexibility index (Phi) is 2.73. The highest BCUT2D eigenvalue weighted by Crippen LogP contribution is 2.15. The molecule has 0 spiro atoms. The lowest BCUT2D eigenvalue weighted by Crippen LogP contribution is -2.25. The van der Waals surface area contributed by atoms with Gasteiger partial charge in [0.2, 0.25) is 11.5 Å². The second kappa shape index (κ2) is 2.79. The molecule has 0 aromatic heterocycles. The Hall–Kier alpha value is -0.230. The van der Waals surface area contributed by atoms with Crippen LogP contribution in [-0.4, -0.2) is 17.4 Å². The molecular formula is C4H9NO3S2. The number of rotatable bonds is 1. The van der Waals surface area contributed by atoms with Crippen LogP contribution in [0.25, 0.3) is 0 Å². The molecule has 0 aliphatic heterocycles. The third kappa shape index (κ3) is 2.18. The van der Waals surface area contributed by atoms with Gasteiger partial charge in [0.15, 0.2) is 0 Å². The maximum absolute atomic E-state index is 10.9. The van der Waals surface area contributed by atoms with Gasteiger partial charge in [-0.3, -0.25) is 0 Å². The molecule has 0 radical (unpaired) electrons. The van der Waals surface area contributed by atoms with E-state index in [9.17, 15) is 12.6 Å². The summed E-state index contributed by atoms with van der Waals surface area (Å²) in [5.74, 6) is 0. The molecule has 0 saturated carbocycles. The summed E-state index contributed by atoms with van der Waals surface area (Å²) >= 11 is -0.278. The fraction of sp³-hybridized carbons (Fsp3) is 1.00. The molecule has 0 fully saturated rings. The quantitative estimate of drug-likeness (QED) is 0.595. The maximum atomic E-state index is 10.9. The summed E-state index contributed by atoms with van der Waals surface area (Å²) in [6.45, 7) is 4.46. The molecular weight excluding hydrogens is 174 g/mol. The van der Waals surface area contributed by atoms with E-state index in [4.69, 9.17) is 0 Å². The Bertz CT molecular complexity index is 255. The highest BCUT2D eigenvalue weighted by Gasteiger charge is 2.28. The van der Waals surface area contributed by atoms with Crippen molar-refractivity contribution >= 4 is 21.5 Å². The van der Waals surface area contributed by atoms with Crippen LogP contribution in [0.4, 0.5) is 0 Å². The van der Waals surface area contributed by atoms with Gasteiger partial charge in [0.25, 0.3) is 10.0 Å². The number of hydrogen-bond acceptors (Lipinski definition) is 3. The van der Waals surface area contributed by atoms with Crippen molar-refractivity contribution in [2.75, 3.05) is 0 Å². The zero-order chi connectivity index (χ0) is 8.41. The smallest absolute Gasteiger partial charge is 0.203 e. The van der Waals surface area contributed by atoms with Crippen LogP contribution < -0.4 is 0 Å². The van der Waals surface area contributed by atoms with Gasteiger partial charge in [-0.25, -0.2) is 8.42 Å². The van der Waals surface area contributed by atoms with Crippen LogP contribution in [0.5, 0.6) is 0 Å². The third-order valence-corrected chi connectivity index (χ3v) is 3.48. The molecule has 0 rings (SSSR count). The van der Waals surface area contributed by atoms with E-state index in [2.05, 4.69) is 3.77 Å². The zero-order valence-electron chi connectivity index (χ0n) is 5.99. The predicted octanol–water partition coefficient (Wildman–Crippen LogP) is 0.511. The summed E-state index contributed by atoms with van der Waals surface area (Å²) in [6.07, 6.45) is 0. The molecule has 6 heteroatoms. The molecule has 4 nitrogen and oxygen atoms in total. The highest BCUT2D eigenvalue weighted by molar-refractivity contribution is 7.94. The van der Waals surface area contributed by atoms with Crippen LogP contribution >= 0.6 is 0 Å². The van der Waals surface area contributed by atoms with E-state index in [-0.39, 0.29) is 11.5 Å². The molecule has 0 aromatic rings. The zero-order valence-corrected chi connectivity index (χ0v) is 7.62. The Morgan fingerprint density at radius 2 is 1.70 bits per heavy atom. The maximum Gasteiger partial charge on any atom is 0.270 e. The van der Waals surface area contributed by atoms with E-state index < -0.39 is 14.8 Å². The monoisotopic (exact) mass is 183 g/mol. The van der Waals surface area contributed by atoms with Crippen molar-refractivity contribution in [1.82, 2.24) is 0 Å². The molecule has 0 aliphatic rings. The summed E-state index contributed by atoms with van der Waals surface area (Å²) in [7, 11) is -3.57. The molecule has 0 amide bonds. The molecule has 0 atom stereocenters. The summed E-state index contributed by atoms with van der Waals surface area (Å²) < 4.78 is 33.4. The molecule has 0 aliphatic carbocycles. The first-order chi connectivity index (χ1) is 4.31. The fourth-order valence-corrected chi connectivity index (χ4v) is 1.37. The van der Waals surface area contributed by atoms with Crippen LogP contribution in [0.3, 0.4) is 0 Å². The standard InChI is InChI=1S/C4H9NO3S2/c1-4(2,3)10(7,8)5-9-6/h1-3H3. The first kappa shape index (κ1) is 9.77. The first-order valence-electron chi connectivity index (χ1n) is 2.57. The Balaban J connectivity index is 4.97. The SMILES string of the molecule is CC(C)(C)S(=O)(=O)N=S=O. The molecule has 0 bridgehead atoms. The molecule has 60 valence electrons. The molecule has 0 saturated heterocycles. The van der Waals surface area contributed by atoms with E-state index in [1.807, 2.05) is 0 Å². The van der Waals surface area contributed by atoms with Gasteiger partial charge >= 0.3 is 0 Å². The van der Waals surface area contributed by atoms with Crippen LogP contribution in [-0.2, 0) is 21.5 Å². The van der Waals surface area contributed by atoms with E-state index in [1.54, 1.807) is 0 Å². The van der Waals surface area contributed by atoms with Gasteiger partial charge in [-0.15, -0.1) is 0 Å². The second-order valence-corrected chi connectivity index (χ2v) is 5.66. The normalized spacial score (nSPS) is 12.7. The number of nitrogens with zero attached hydrogens (tertiary/aromatic N) is 1. The molecule has 0 N–H and O–H groups in total. The fourth-order valence-electron chi connectivity index (χ4n) is 0.152. The van der Waals surface area contributed by atoms with Crippen LogP contribution in [0.1, 0.15) is 20.8 Å². The van der Waals surface area contributed by atoms with E-state index >= 15 is 0 Å². The summed E-state index contributed by atoms with van der Waals surface area (Å²) in [5, 5.41) is 0. The van der Waals surface area contributed by atoms with E-state index in [0.717, 1.165) is 0 Å². The average molecular weight is 183 g/mol. The summed E-state index contributed by atoms with van der Waals surface area (Å²) in [4.78, 5) is 0. The minimum atomic E-state index is -3.57. The van der Waals surface area contributed by atoms with Crippen molar-refractivity contribution in [2.45, 2.75) is 25.5 Å². The molecule has 0 unspecified atom stereocenters. The lowest BCUT2D eigenvalue weighted by atomic mass is 10.3. The minimum Gasteiger partial charge on any atom is -0.203 e. The minimum absolute atomic E-state index is 0.278. The largest absolute Gasteiger partial charge is 0.270 e. The number of sulfonamides is 1. The van der Waals surface area contributed by atoms with Gasteiger partial charge in [-0.05, 0) is 20.8 Å². The van der Waals surface area contributed by atoms with Crippen molar-refractivity contribution in [3.05, 3.63) is 0 Å². The van der Waals surface area contributed by atoms with Gasteiger partial charge < -0.3 is 0 Å². The first-order valence-corrected chi connectivity index (χ1v) is 4.71. The van der Waals surface area contributed by atoms with Gasteiger partial charge in [0, 0.05) is 0 Å². The molecule has 0 heterocycles. The van der Waals surface area contributed by atoms with Gasteiger partial charge in [-0.1, -0.05) is 3.77 Å². The van der Waals surface area contributed by atoms with Crippen LogP contribution in [0.15, 0.2) is 3.77 Å². The van der Waals surface area contributed by atoms with E-state index in [1.165, 1.54) is 20.8 Å². The van der Waals surface area contributed by atoms with E-state index in [0.29, 0.717) is 0 Å². The van der Waals surface area contributed by atoms with Gasteiger partial charge in [-0.2, -0.15) is 4.21 Å². The molecule has 10 heavy (non-hydrogen) atoms. The van der Waals surface area contributed by atoms with Crippen molar-refractivity contribution in [1.29, 1.82) is 0 Å². The Labute approximate surface area is 63.9 Å². The second-order valence-electron chi connectivity index (χ2n) is 2.74. The van der Waals surface area contributed by atoms with Crippen molar-refractivity contribution in [3.8, 4) is 0 Å². The highest BCUT2D eigenvalue weighted by atomic mass is 32.2. The molecule has 0 aromatic carbocycles.